The predicted octanol–water partition coefficient (Wildman–Crippen LogP) is 7.14. The monoisotopic (exact) mass is 689 g/mol. The largest absolute Gasteiger partial charge is 0.493 e. The smallest absolute Gasteiger partial charge is 0.160 e. The molecule has 2 unspecified atom stereocenters. The molecule has 0 spiro atoms. The number of rotatable bonds is 17. The van der Waals surface area contributed by atoms with Crippen LogP contribution in [0.3, 0.4) is 0 Å². The van der Waals surface area contributed by atoms with Crippen LogP contribution in [0.2, 0.25) is 0 Å². The van der Waals surface area contributed by atoms with Gasteiger partial charge in [-0.1, -0.05) is 42.8 Å². The van der Waals surface area contributed by atoms with Crippen LogP contribution in [0.25, 0.3) is 0 Å². The Morgan fingerprint density at radius 1 is 0.680 bits per heavy atom. The van der Waals surface area contributed by atoms with Crippen molar-refractivity contribution >= 4 is 0 Å². The number of unbranched alkanes of at least 4 members (excludes halogenated alkanes) is 1. The number of benzene rings is 4. The lowest BCUT2D eigenvalue weighted by atomic mass is 10.0. The number of epoxide rings is 1. The van der Waals surface area contributed by atoms with Gasteiger partial charge >= 0.3 is 0 Å². The molecule has 1 aliphatic rings. The zero-order chi connectivity index (χ0) is 36.1. The lowest BCUT2D eigenvalue weighted by Crippen LogP contribution is -2.17. The molecular weight excluding hydrogens is 634 g/mol. The van der Waals surface area contributed by atoms with Crippen LogP contribution in [0.5, 0.6) is 34.5 Å². The Morgan fingerprint density at radius 3 is 1.68 bits per heavy atom. The van der Waals surface area contributed by atoms with Gasteiger partial charge in [0.05, 0.1) is 41.2 Å². The number of ether oxygens (including phenoxy) is 7. The Bertz CT molecular complexity index is 1540. The molecule has 9 heteroatoms. The number of methoxy groups -OCH3 is 4. The molecule has 1 saturated heterocycles. The number of hydrogen-bond donors (Lipinski definition) is 2. The number of hydrogen-bond acceptors (Lipinski definition) is 9. The van der Waals surface area contributed by atoms with Gasteiger partial charge in [0.25, 0.3) is 0 Å². The molecule has 4 aromatic rings. The van der Waals surface area contributed by atoms with Crippen molar-refractivity contribution < 1.29 is 38.3 Å². The van der Waals surface area contributed by atoms with Crippen LogP contribution in [0.15, 0.2) is 84.9 Å². The van der Waals surface area contributed by atoms with Gasteiger partial charge in [-0.25, -0.2) is 0 Å². The summed E-state index contributed by atoms with van der Waals surface area (Å²) >= 11 is 0. The van der Waals surface area contributed by atoms with Crippen molar-refractivity contribution in [3.8, 4) is 34.5 Å². The first-order valence-corrected chi connectivity index (χ1v) is 17.1. The summed E-state index contributed by atoms with van der Waals surface area (Å²) in [7, 11) is 6.54. The lowest BCUT2D eigenvalue weighted by molar-refractivity contribution is 0.0976. The highest BCUT2D eigenvalue weighted by Gasteiger charge is 2.22. The molecule has 272 valence electrons. The van der Waals surface area contributed by atoms with Crippen molar-refractivity contribution in [2.45, 2.75) is 58.2 Å². The van der Waals surface area contributed by atoms with Crippen LogP contribution < -0.4 is 34.2 Å². The molecule has 0 aliphatic carbocycles. The van der Waals surface area contributed by atoms with Gasteiger partial charge in [0, 0.05) is 0 Å². The van der Waals surface area contributed by atoms with Crippen molar-refractivity contribution in [3.63, 3.8) is 0 Å². The van der Waals surface area contributed by atoms with Crippen LogP contribution >= 0.6 is 0 Å². The van der Waals surface area contributed by atoms with E-state index < -0.39 is 6.10 Å². The van der Waals surface area contributed by atoms with Gasteiger partial charge in [0.2, 0.25) is 0 Å². The second-order valence-electron chi connectivity index (χ2n) is 12.0. The molecule has 0 saturated carbocycles. The van der Waals surface area contributed by atoms with Gasteiger partial charge < -0.3 is 44.0 Å². The molecule has 9 nitrogen and oxygen atoms in total. The average molecular weight is 690 g/mol. The molecule has 0 aromatic heterocycles. The first-order valence-electron chi connectivity index (χ1n) is 17.1. The van der Waals surface area contributed by atoms with Crippen LogP contribution in [0.4, 0.5) is 0 Å². The lowest BCUT2D eigenvalue weighted by Gasteiger charge is -2.13. The number of nitrogens with two attached hydrogens (primary N) is 1. The van der Waals surface area contributed by atoms with Crippen LogP contribution in [-0.4, -0.2) is 72.1 Å². The van der Waals surface area contributed by atoms with E-state index in [0.717, 1.165) is 78.8 Å². The fourth-order valence-corrected chi connectivity index (χ4v) is 4.99. The fourth-order valence-electron chi connectivity index (χ4n) is 4.99. The van der Waals surface area contributed by atoms with E-state index in [1.54, 1.807) is 28.4 Å². The second kappa shape index (κ2) is 22.3. The first kappa shape index (κ1) is 40.0. The average Bonchev–Trinajstić information content (AvgIpc) is 3.97. The van der Waals surface area contributed by atoms with Crippen molar-refractivity contribution in [1.29, 1.82) is 0 Å². The second-order valence-corrected chi connectivity index (χ2v) is 12.0. The Kier molecular flexibility index (Phi) is 17.8. The number of aliphatic hydroxyl groups is 1. The molecule has 3 N–H and O–H groups in total. The summed E-state index contributed by atoms with van der Waals surface area (Å²) in [5.41, 5.74) is 10.2. The molecule has 0 bridgehead atoms. The van der Waals surface area contributed by atoms with Gasteiger partial charge in [-0.3, -0.25) is 0 Å². The molecule has 5 rings (SSSR count). The predicted molar refractivity (Wildman–Crippen MR) is 199 cm³/mol. The van der Waals surface area contributed by atoms with Gasteiger partial charge in [-0.15, -0.1) is 0 Å². The molecular formula is C41H55NO8. The molecule has 1 fully saturated rings. The maximum Gasteiger partial charge on any atom is 0.160 e. The quantitative estimate of drug-likeness (QED) is 0.0882. The SMILES string of the molecule is COc1ccc(CCCCC(O)COc2cccc(C)c2)cc1OC.COc1ccc(CCN)cc1OC.Cc1cccc(OCC2CO2)c1. The van der Waals surface area contributed by atoms with Gasteiger partial charge in [0.1, 0.15) is 30.8 Å². The van der Waals surface area contributed by atoms with Gasteiger partial charge in [-0.05, 0) is 117 Å². The fraction of sp³-hybridized carbons (Fsp3) is 0.415. The summed E-state index contributed by atoms with van der Waals surface area (Å²) in [4.78, 5) is 0. The summed E-state index contributed by atoms with van der Waals surface area (Å²) in [5.74, 6) is 4.76. The Labute approximate surface area is 298 Å². The Morgan fingerprint density at radius 2 is 1.20 bits per heavy atom. The van der Waals surface area contributed by atoms with Crippen LogP contribution in [-0.2, 0) is 17.6 Å². The molecule has 1 aliphatic heterocycles. The van der Waals surface area contributed by atoms with E-state index in [-0.39, 0.29) is 0 Å². The maximum absolute atomic E-state index is 10.1. The minimum Gasteiger partial charge on any atom is -0.493 e. The van der Waals surface area contributed by atoms with E-state index in [0.29, 0.717) is 25.9 Å². The third kappa shape index (κ3) is 15.0. The Hall–Kier alpha value is -4.44. The van der Waals surface area contributed by atoms with Crippen molar-refractivity contribution in [1.82, 2.24) is 0 Å². The zero-order valence-corrected chi connectivity index (χ0v) is 30.5. The van der Waals surface area contributed by atoms with E-state index in [1.807, 2.05) is 79.7 Å². The standard InChI is InChI=1S/C21H28O4.C10H15NO2.C10H12O2/c1-16-7-6-10-19(13-16)25-15-18(22)9-5-4-8-17-11-12-20(23-2)21(14-17)24-3;1-12-9-4-3-8(5-6-11)7-10(9)13-2;1-8-3-2-4-9(5-8)11-6-10-7-12-10/h6-7,10-14,18,22H,4-5,8-9,15H2,1-3H3;3-4,7H,5-6,11H2,1-2H3;2-5,10H,6-7H2,1H3. The molecule has 4 aromatic carbocycles. The van der Waals surface area contributed by atoms with E-state index in [2.05, 4.69) is 19.1 Å². The van der Waals surface area contributed by atoms with Crippen LogP contribution in [0, 0.1) is 13.8 Å². The maximum atomic E-state index is 10.1. The summed E-state index contributed by atoms with van der Waals surface area (Å²) in [6.07, 6.45) is 4.41. The highest BCUT2D eigenvalue weighted by molar-refractivity contribution is 5.43. The number of aliphatic hydroxyl groups excluding tert-OH is 1. The topological polar surface area (TPSA) is 114 Å². The first-order chi connectivity index (χ1) is 24.3. The van der Waals surface area contributed by atoms with Crippen LogP contribution in [0.1, 0.15) is 41.5 Å². The van der Waals surface area contributed by atoms with Crippen molar-refractivity contribution in [2.75, 3.05) is 54.8 Å². The number of aryl methyl sites for hydroxylation is 3. The van der Waals surface area contributed by atoms with Crippen molar-refractivity contribution in [2.24, 2.45) is 5.73 Å². The van der Waals surface area contributed by atoms with Gasteiger partial charge in [-0.2, -0.15) is 0 Å². The summed E-state index contributed by atoms with van der Waals surface area (Å²) in [6, 6.07) is 27.8. The third-order valence-electron chi connectivity index (χ3n) is 7.84. The third-order valence-corrected chi connectivity index (χ3v) is 7.84. The highest BCUT2D eigenvalue weighted by atomic mass is 16.6. The molecule has 0 radical (unpaired) electrons. The summed E-state index contributed by atoms with van der Waals surface area (Å²) < 4.78 is 37.0. The molecule has 2 atom stereocenters. The minimum absolute atomic E-state index is 0.333. The van der Waals surface area contributed by atoms with E-state index in [4.69, 9.17) is 38.9 Å². The van der Waals surface area contributed by atoms with Gasteiger partial charge in [0.15, 0.2) is 23.0 Å². The Balaban J connectivity index is 0.000000225. The summed E-state index contributed by atoms with van der Waals surface area (Å²) in [5, 5.41) is 10.1. The molecule has 1 heterocycles. The normalized spacial score (nSPS) is 13.4. The van der Waals surface area contributed by atoms with E-state index >= 15 is 0 Å². The summed E-state index contributed by atoms with van der Waals surface area (Å²) in [6.45, 7) is 6.60. The van der Waals surface area contributed by atoms with E-state index in [9.17, 15) is 5.11 Å². The minimum atomic E-state index is -0.439. The zero-order valence-electron chi connectivity index (χ0n) is 30.5. The van der Waals surface area contributed by atoms with E-state index in [1.165, 1.54) is 16.7 Å². The highest BCUT2D eigenvalue weighted by Crippen LogP contribution is 2.29. The molecule has 50 heavy (non-hydrogen) atoms. The molecule has 0 amide bonds. The van der Waals surface area contributed by atoms with Crippen molar-refractivity contribution in [3.05, 3.63) is 107 Å².